The van der Waals surface area contributed by atoms with Gasteiger partial charge in [0.05, 0.1) is 12.8 Å². The Morgan fingerprint density at radius 2 is 2.12 bits per heavy atom. The lowest BCUT2D eigenvalue weighted by atomic mass is 10.1. The molecule has 0 amide bonds. The monoisotopic (exact) mass is 336 g/mol. The number of hydrogen-bond acceptors (Lipinski definition) is 4. The molecule has 0 unspecified atom stereocenters. The van der Waals surface area contributed by atoms with E-state index >= 15 is 0 Å². The molecule has 0 atom stereocenters. The highest BCUT2D eigenvalue weighted by atomic mass is 19.3. The normalized spacial score (nSPS) is 11.2. The van der Waals surface area contributed by atoms with Crippen LogP contribution in [0.4, 0.5) is 8.78 Å². The van der Waals surface area contributed by atoms with Crippen LogP contribution in [0.2, 0.25) is 0 Å². The summed E-state index contributed by atoms with van der Waals surface area (Å²) in [4.78, 5) is 12.2. The summed E-state index contributed by atoms with van der Waals surface area (Å²) in [6.07, 6.45) is 4.93. The predicted molar refractivity (Wildman–Crippen MR) is 85.6 cm³/mol. The smallest absolute Gasteiger partial charge is 0.387 e. The Balaban J connectivity index is 2.19. The highest BCUT2D eigenvalue weighted by Gasteiger charge is 2.13. The maximum atomic E-state index is 12.3. The molecule has 2 aromatic rings. The van der Waals surface area contributed by atoms with Crippen molar-refractivity contribution in [2.45, 2.75) is 27.0 Å². The second-order valence-corrected chi connectivity index (χ2v) is 4.97. The number of carbonyl (C=O) groups is 1. The van der Waals surface area contributed by atoms with E-state index in [1.807, 2.05) is 20.0 Å². The molecule has 128 valence electrons. The number of allylic oxidation sites excluding steroid dienone is 1. The van der Waals surface area contributed by atoms with Gasteiger partial charge in [-0.2, -0.15) is 13.9 Å². The zero-order chi connectivity index (χ0) is 17.7. The second kappa shape index (κ2) is 7.72. The first kappa shape index (κ1) is 17.7. The molecule has 0 saturated heterocycles. The van der Waals surface area contributed by atoms with Crippen LogP contribution in [-0.4, -0.2) is 29.3 Å². The van der Waals surface area contributed by atoms with Gasteiger partial charge in [-0.25, -0.2) is 0 Å². The molecular weight excluding hydrogens is 318 g/mol. The number of rotatable bonds is 7. The summed E-state index contributed by atoms with van der Waals surface area (Å²) in [6, 6.07) is 4.06. The van der Waals surface area contributed by atoms with Crippen molar-refractivity contribution in [3.8, 4) is 11.5 Å². The van der Waals surface area contributed by atoms with E-state index in [0.29, 0.717) is 5.56 Å². The molecule has 0 fully saturated rings. The van der Waals surface area contributed by atoms with E-state index < -0.39 is 6.61 Å². The average Bonchev–Trinajstić information content (AvgIpc) is 2.92. The van der Waals surface area contributed by atoms with Gasteiger partial charge in [0.1, 0.15) is 0 Å². The summed E-state index contributed by atoms with van der Waals surface area (Å²) in [5.41, 5.74) is 1.97. The minimum absolute atomic E-state index is 0.0736. The molecule has 0 N–H and O–H groups in total. The lowest BCUT2D eigenvalue weighted by Crippen LogP contribution is -2.04. The van der Waals surface area contributed by atoms with Crippen molar-refractivity contribution in [3.05, 3.63) is 47.3 Å². The fraction of sp³-hybridized carbons (Fsp3) is 0.294. The Bertz CT molecular complexity index is 754. The lowest BCUT2D eigenvalue weighted by Gasteiger charge is -2.10. The van der Waals surface area contributed by atoms with Gasteiger partial charge in [-0.05, 0) is 44.2 Å². The standard InChI is InChI=1S/C17H18F2N2O3/c1-4-21-10-13(11(2)20-21)5-7-14(22)12-6-8-15(24-17(18)19)16(9-12)23-3/h5-10,17H,4H2,1-3H3/b7-5+. The Kier molecular flexibility index (Phi) is 5.68. The second-order valence-electron chi connectivity index (χ2n) is 4.97. The Labute approximate surface area is 138 Å². The third-order valence-corrected chi connectivity index (χ3v) is 3.39. The highest BCUT2D eigenvalue weighted by Crippen LogP contribution is 2.29. The number of aryl methyl sites for hydroxylation is 2. The number of hydrogen-bond donors (Lipinski definition) is 0. The van der Waals surface area contributed by atoms with Gasteiger partial charge in [0.2, 0.25) is 0 Å². The van der Waals surface area contributed by atoms with Crippen LogP contribution in [0, 0.1) is 6.92 Å². The minimum Gasteiger partial charge on any atom is -0.493 e. The van der Waals surface area contributed by atoms with E-state index in [2.05, 4.69) is 9.84 Å². The Hall–Kier alpha value is -2.70. The van der Waals surface area contributed by atoms with Crippen molar-refractivity contribution >= 4 is 11.9 Å². The zero-order valence-corrected chi connectivity index (χ0v) is 13.6. The molecule has 5 nitrogen and oxygen atoms in total. The topological polar surface area (TPSA) is 53.4 Å². The molecule has 2 rings (SSSR count). The van der Waals surface area contributed by atoms with E-state index in [0.717, 1.165) is 17.8 Å². The summed E-state index contributed by atoms with van der Waals surface area (Å²) in [5.74, 6) is -0.321. The zero-order valence-electron chi connectivity index (χ0n) is 13.6. The quantitative estimate of drug-likeness (QED) is 0.571. The fourth-order valence-corrected chi connectivity index (χ4v) is 2.13. The van der Waals surface area contributed by atoms with Crippen LogP contribution in [0.3, 0.4) is 0 Å². The van der Waals surface area contributed by atoms with Gasteiger partial charge in [0, 0.05) is 23.9 Å². The molecule has 24 heavy (non-hydrogen) atoms. The van der Waals surface area contributed by atoms with Gasteiger partial charge in [-0.15, -0.1) is 0 Å². The minimum atomic E-state index is -2.96. The fourth-order valence-electron chi connectivity index (χ4n) is 2.13. The molecule has 0 spiro atoms. The number of aromatic nitrogens is 2. The van der Waals surface area contributed by atoms with Crippen LogP contribution < -0.4 is 9.47 Å². The number of ether oxygens (including phenoxy) is 2. The first-order chi connectivity index (χ1) is 11.4. The van der Waals surface area contributed by atoms with E-state index in [1.54, 1.807) is 10.8 Å². The number of nitrogens with zero attached hydrogens (tertiary/aromatic N) is 2. The predicted octanol–water partition coefficient (Wildman–Crippen LogP) is 3.72. The van der Waals surface area contributed by atoms with Crippen LogP contribution >= 0.6 is 0 Å². The number of alkyl halides is 2. The molecule has 0 aliphatic rings. The number of benzene rings is 1. The van der Waals surface area contributed by atoms with Gasteiger partial charge in [-0.3, -0.25) is 9.48 Å². The summed E-state index contributed by atoms with van der Waals surface area (Å²) < 4.78 is 35.7. The van der Waals surface area contributed by atoms with E-state index in [9.17, 15) is 13.6 Å². The van der Waals surface area contributed by atoms with Gasteiger partial charge in [0.25, 0.3) is 0 Å². The van der Waals surface area contributed by atoms with Crippen molar-refractivity contribution in [3.63, 3.8) is 0 Å². The maximum Gasteiger partial charge on any atom is 0.387 e. The van der Waals surface area contributed by atoms with Gasteiger partial charge < -0.3 is 9.47 Å². The van der Waals surface area contributed by atoms with Crippen molar-refractivity contribution in [2.24, 2.45) is 0 Å². The summed E-state index contributed by atoms with van der Waals surface area (Å²) in [6.45, 7) is 1.61. The van der Waals surface area contributed by atoms with Crippen LogP contribution in [0.25, 0.3) is 6.08 Å². The Morgan fingerprint density at radius 1 is 1.38 bits per heavy atom. The third kappa shape index (κ3) is 4.18. The first-order valence-electron chi connectivity index (χ1n) is 7.34. The SMILES string of the molecule is CCn1cc(/C=C/C(=O)c2ccc(OC(F)F)c(OC)c2)c(C)n1. The van der Waals surface area contributed by atoms with Crippen molar-refractivity contribution in [2.75, 3.05) is 7.11 Å². The van der Waals surface area contributed by atoms with Gasteiger partial charge in [-0.1, -0.05) is 0 Å². The van der Waals surface area contributed by atoms with Crippen LogP contribution in [0.15, 0.2) is 30.5 Å². The molecule has 1 heterocycles. The van der Waals surface area contributed by atoms with Gasteiger partial charge in [0.15, 0.2) is 17.3 Å². The molecule has 1 aromatic heterocycles. The molecule has 0 bridgehead atoms. The average molecular weight is 336 g/mol. The van der Waals surface area contributed by atoms with E-state index in [-0.39, 0.29) is 17.3 Å². The van der Waals surface area contributed by atoms with E-state index in [4.69, 9.17) is 4.74 Å². The van der Waals surface area contributed by atoms with Crippen LogP contribution in [0.5, 0.6) is 11.5 Å². The molecule has 1 aromatic carbocycles. The molecule has 7 heteroatoms. The lowest BCUT2D eigenvalue weighted by molar-refractivity contribution is -0.0512. The molecule has 0 aliphatic carbocycles. The molecule has 0 saturated carbocycles. The molecule has 0 aliphatic heterocycles. The van der Waals surface area contributed by atoms with Crippen molar-refractivity contribution in [1.82, 2.24) is 9.78 Å². The highest BCUT2D eigenvalue weighted by molar-refractivity contribution is 6.07. The van der Waals surface area contributed by atoms with E-state index in [1.165, 1.54) is 31.4 Å². The van der Waals surface area contributed by atoms with Crippen molar-refractivity contribution in [1.29, 1.82) is 0 Å². The largest absolute Gasteiger partial charge is 0.493 e. The number of ketones is 1. The molecular formula is C17H18F2N2O3. The summed E-state index contributed by atoms with van der Waals surface area (Å²) >= 11 is 0. The summed E-state index contributed by atoms with van der Waals surface area (Å²) in [5, 5.41) is 4.29. The van der Waals surface area contributed by atoms with Crippen molar-refractivity contribution < 1.29 is 23.0 Å². The number of halogens is 2. The number of methoxy groups -OCH3 is 1. The summed E-state index contributed by atoms with van der Waals surface area (Å²) in [7, 11) is 1.32. The maximum absolute atomic E-state index is 12.3. The van der Waals surface area contributed by atoms with Crippen LogP contribution in [-0.2, 0) is 6.54 Å². The number of carbonyl (C=O) groups excluding carboxylic acids is 1. The Morgan fingerprint density at radius 3 is 2.71 bits per heavy atom. The first-order valence-corrected chi connectivity index (χ1v) is 7.34. The molecule has 0 radical (unpaired) electrons. The van der Waals surface area contributed by atoms with Crippen LogP contribution in [0.1, 0.15) is 28.5 Å². The van der Waals surface area contributed by atoms with Gasteiger partial charge >= 0.3 is 6.61 Å². The third-order valence-electron chi connectivity index (χ3n) is 3.39.